The number of hydrogen-bond acceptors (Lipinski definition) is 3. The van der Waals surface area contributed by atoms with Gasteiger partial charge in [-0.3, -0.25) is 9.59 Å². The van der Waals surface area contributed by atoms with E-state index in [4.69, 9.17) is 5.11 Å². The minimum Gasteiger partial charge on any atom is -0.481 e. The Kier molecular flexibility index (Phi) is 5.60. The molecule has 1 amide bonds. The first kappa shape index (κ1) is 15.4. The Balaban J connectivity index is 1.80. The van der Waals surface area contributed by atoms with Crippen LogP contribution in [0.25, 0.3) is 0 Å². The number of benzene rings is 1. The van der Waals surface area contributed by atoms with Gasteiger partial charge in [0, 0.05) is 37.3 Å². The third-order valence-electron chi connectivity index (χ3n) is 3.65. The first-order valence-electron chi connectivity index (χ1n) is 7.52. The molecule has 1 aromatic rings. The minimum atomic E-state index is -0.811. The van der Waals surface area contributed by atoms with Crippen molar-refractivity contribution in [3.8, 4) is 0 Å². The van der Waals surface area contributed by atoms with Gasteiger partial charge in [0.2, 0.25) is 5.91 Å². The monoisotopic (exact) mass is 290 g/mol. The van der Waals surface area contributed by atoms with Crippen LogP contribution >= 0.6 is 0 Å². The predicted octanol–water partition coefficient (Wildman–Crippen LogP) is 2.87. The second-order valence-electron chi connectivity index (χ2n) is 5.39. The van der Waals surface area contributed by atoms with Gasteiger partial charge in [-0.25, -0.2) is 0 Å². The number of carboxylic acids is 1. The first-order chi connectivity index (χ1) is 10.1. The number of nitrogens with zero attached hydrogens (tertiary/aromatic N) is 1. The van der Waals surface area contributed by atoms with E-state index in [0.717, 1.165) is 24.5 Å². The van der Waals surface area contributed by atoms with E-state index in [2.05, 4.69) is 16.3 Å². The molecule has 0 saturated carbocycles. The maximum Gasteiger partial charge on any atom is 0.303 e. The highest BCUT2D eigenvalue weighted by atomic mass is 16.4. The normalized spacial score (nSPS) is 14.2. The summed E-state index contributed by atoms with van der Waals surface area (Å²) in [5, 5.41) is 11.4. The Morgan fingerprint density at radius 1 is 1.14 bits per heavy atom. The summed E-state index contributed by atoms with van der Waals surface area (Å²) in [5.74, 6) is -0.868. The highest BCUT2D eigenvalue weighted by Crippen LogP contribution is 2.23. The van der Waals surface area contributed by atoms with E-state index in [1.807, 2.05) is 18.2 Å². The molecule has 0 bridgehead atoms. The summed E-state index contributed by atoms with van der Waals surface area (Å²) in [7, 11) is 0. The van der Waals surface area contributed by atoms with Crippen molar-refractivity contribution in [2.45, 2.75) is 38.5 Å². The molecule has 0 radical (unpaired) electrons. The zero-order valence-corrected chi connectivity index (χ0v) is 12.2. The van der Waals surface area contributed by atoms with E-state index in [9.17, 15) is 9.59 Å². The van der Waals surface area contributed by atoms with E-state index in [1.165, 1.54) is 12.8 Å². The molecule has 0 atom stereocenters. The molecule has 1 aliphatic heterocycles. The molecule has 1 fully saturated rings. The predicted molar refractivity (Wildman–Crippen MR) is 82.6 cm³/mol. The maximum absolute atomic E-state index is 11.8. The van der Waals surface area contributed by atoms with Gasteiger partial charge in [0.15, 0.2) is 0 Å². The van der Waals surface area contributed by atoms with Crippen LogP contribution in [0, 0.1) is 0 Å². The zero-order valence-electron chi connectivity index (χ0n) is 12.2. The smallest absolute Gasteiger partial charge is 0.303 e. The second-order valence-corrected chi connectivity index (χ2v) is 5.39. The van der Waals surface area contributed by atoms with Crippen molar-refractivity contribution >= 4 is 23.3 Å². The summed E-state index contributed by atoms with van der Waals surface area (Å²) in [5.41, 5.74) is 1.96. The summed E-state index contributed by atoms with van der Waals surface area (Å²) in [6.45, 7) is 2.15. The SMILES string of the molecule is O=C(O)CCCCC(=O)Nc1cccc(N2CCCC2)c1. The molecular formula is C16H22N2O3. The number of hydrogen-bond donors (Lipinski definition) is 2. The number of unbranched alkanes of at least 4 members (excludes halogenated alkanes) is 1. The van der Waals surface area contributed by atoms with Crippen LogP contribution in [-0.2, 0) is 9.59 Å². The summed E-state index contributed by atoms with van der Waals surface area (Å²) >= 11 is 0. The molecule has 1 aromatic carbocycles. The van der Waals surface area contributed by atoms with E-state index in [1.54, 1.807) is 0 Å². The van der Waals surface area contributed by atoms with Gasteiger partial charge in [-0.15, -0.1) is 0 Å². The summed E-state index contributed by atoms with van der Waals surface area (Å²) < 4.78 is 0. The molecule has 0 spiro atoms. The third-order valence-corrected chi connectivity index (χ3v) is 3.65. The molecule has 5 nitrogen and oxygen atoms in total. The lowest BCUT2D eigenvalue weighted by molar-refractivity contribution is -0.137. The van der Waals surface area contributed by atoms with E-state index in [-0.39, 0.29) is 12.3 Å². The first-order valence-corrected chi connectivity index (χ1v) is 7.52. The Bertz CT molecular complexity index is 496. The fourth-order valence-corrected chi connectivity index (χ4v) is 2.54. The van der Waals surface area contributed by atoms with Crippen LogP contribution in [0.15, 0.2) is 24.3 Å². The van der Waals surface area contributed by atoms with Crippen molar-refractivity contribution in [3.05, 3.63) is 24.3 Å². The molecule has 1 saturated heterocycles. The summed E-state index contributed by atoms with van der Waals surface area (Å²) in [6, 6.07) is 7.90. The Morgan fingerprint density at radius 2 is 1.86 bits per heavy atom. The van der Waals surface area contributed by atoms with Gasteiger partial charge in [0.05, 0.1) is 0 Å². The van der Waals surface area contributed by atoms with Crippen LogP contribution in [0.2, 0.25) is 0 Å². The average molecular weight is 290 g/mol. The topological polar surface area (TPSA) is 69.6 Å². The number of carbonyl (C=O) groups excluding carboxylic acids is 1. The lowest BCUT2D eigenvalue weighted by atomic mass is 10.2. The lowest BCUT2D eigenvalue weighted by Crippen LogP contribution is -2.18. The van der Waals surface area contributed by atoms with Crippen LogP contribution in [0.5, 0.6) is 0 Å². The quantitative estimate of drug-likeness (QED) is 0.758. The Hall–Kier alpha value is -2.04. The minimum absolute atomic E-state index is 0.0565. The standard InChI is InChI=1S/C16H22N2O3/c19-15(8-1-2-9-16(20)21)17-13-6-5-7-14(12-13)18-10-3-4-11-18/h5-7,12H,1-4,8-11H2,(H,17,19)(H,20,21). The number of carboxylic acid groups (broad SMARTS) is 1. The lowest BCUT2D eigenvalue weighted by Gasteiger charge is -2.18. The van der Waals surface area contributed by atoms with Gasteiger partial charge < -0.3 is 15.3 Å². The van der Waals surface area contributed by atoms with Crippen LogP contribution in [0.1, 0.15) is 38.5 Å². The molecule has 5 heteroatoms. The van der Waals surface area contributed by atoms with E-state index < -0.39 is 5.97 Å². The highest BCUT2D eigenvalue weighted by Gasteiger charge is 2.12. The van der Waals surface area contributed by atoms with Gasteiger partial charge in [0.25, 0.3) is 0 Å². The van der Waals surface area contributed by atoms with Crippen molar-refractivity contribution in [2.24, 2.45) is 0 Å². The number of nitrogens with one attached hydrogen (secondary N) is 1. The molecule has 0 unspecified atom stereocenters. The van der Waals surface area contributed by atoms with E-state index >= 15 is 0 Å². The molecule has 1 aliphatic rings. The summed E-state index contributed by atoms with van der Waals surface area (Å²) in [4.78, 5) is 24.5. The van der Waals surface area contributed by atoms with Gasteiger partial charge >= 0.3 is 5.97 Å². The molecule has 0 aromatic heterocycles. The molecule has 2 N–H and O–H groups in total. The van der Waals surface area contributed by atoms with Crippen molar-refractivity contribution in [3.63, 3.8) is 0 Å². The largest absolute Gasteiger partial charge is 0.481 e. The zero-order chi connectivity index (χ0) is 15.1. The van der Waals surface area contributed by atoms with E-state index in [0.29, 0.717) is 19.3 Å². The number of amides is 1. The maximum atomic E-state index is 11.8. The van der Waals surface area contributed by atoms with Crippen molar-refractivity contribution in [2.75, 3.05) is 23.3 Å². The van der Waals surface area contributed by atoms with Gasteiger partial charge in [-0.2, -0.15) is 0 Å². The number of carbonyl (C=O) groups is 2. The van der Waals surface area contributed by atoms with Crippen molar-refractivity contribution in [1.29, 1.82) is 0 Å². The van der Waals surface area contributed by atoms with Crippen LogP contribution < -0.4 is 10.2 Å². The van der Waals surface area contributed by atoms with Gasteiger partial charge in [-0.05, 0) is 43.9 Å². The number of anilines is 2. The Labute approximate surface area is 125 Å². The molecular weight excluding hydrogens is 268 g/mol. The molecule has 114 valence electrons. The fraction of sp³-hybridized carbons (Fsp3) is 0.500. The van der Waals surface area contributed by atoms with Gasteiger partial charge in [-0.1, -0.05) is 6.07 Å². The van der Waals surface area contributed by atoms with Crippen LogP contribution in [-0.4, -0.2) is 30.1 Å². The molecule has 0 aliphatic carbocycles. The highest BCUT2D eigenvalue weighted by molar-refractivity contribution is 5.91. The van der Waals surface area contributed by atoms with Crippen LogP contribution in [0.4, 0.5) is 11.4 Å². The van der Waals surface area contributed by atoms with Crippen LogP contribution in [0.3, 0.4) is 0 Å². The molecule has 2 rings (SSSR count). The summed E-state index contributed by atoms with van der Waals surface area (Å²) in [6.07, 6.45) is 4.07. The third kappa shape index (κ3) is 5.10. The second kappa shape index (κ2) is 7.67. The Morgan fingerprint density at radius 3 is 2.57 bits per heavy atom. The average Bonchev–Trinajstić information content (AvgIpc) is 2.98. The van der Waals surface area contributed by atoms with Crippen molar-refractivity contribution in [1.82, 2.24) is 0 Å². The molecule has 1 heterocycles. The number of aliphatic carboxylic acids is 1. The van der Waals surface area contributed by atoms with Gasteiger partial charge in [0.1, 0.15) is 0 Å². The van der Waals surface area contributed by atoms with Crippen molar-refractivity contribution < 1.29 is 14.7 Å². The number of rotatable bonds is 7. The fourth-order valence-electron chi connectivity index (χ4n) is 2.54. The molecule has 21 heavy (non-hydrogen) atoms.